The maximum absolute atomic E-state index is 11.9. The summed E-state index contributed by atoms with van der Waals surface area (Å²) in [4.78, 5) is 5.39. The molecule has 0 aliphatic rings. The van der Waals surface area contributed by atoms with Gasteiger partial charge < -0.3 is 10.1 Å². The van der Waals surface area contributed by atoms with Crippen LogP contribution in [-0.2, 0) is 17.9 Å². The summed E-state index contributed by atoms with van der Waals surface area (Å²) in [6, 6.07) is 0. The maximum Gasteiger partial charge on any atom is 0.411 e. The Labute approximate surface area is 108 Å². The third-order valence-electron chi connectivity index (χ3n) is 2.15. The van der Waals surface area contributed by atoms with Crippen LogP contribution in [0.1, 0.15) is 35.3 Å². The van der Waals surface area contributed by atoms with Gasteiger partial charge in [-0.1, -0.05) is 13.8 Å². The smallest absolute Gasteiger partial charge is 0.365 e. The van der Waals surface area contributed by atoms with Crippen LogP contribution in [0.25, 0.3) is 0 Å². The Morgan fingerprint density at radius 2 is 2.06 bits per heavy atom. The Kier molecular flexibility index (Phi) is 5.55. The van der Waals surface area contributed by atoms with Crippen LogP contribution in [0.15, 0.2) is 0 Å². The van der Waals surface area contributed by atoms with E-state index in [4.69, 9.17) is 0 Å². The zero-order valence-corrected chi connectivity index (χ0v) is 11.4. The number of nitrogens with zero attached hydrogens (tertiary/aromatic N) is 1. The van der Waals surface area contributed by atoms with E-state index in [2.05, 4.69) is 15.0 Å². The molecule has 0 aromatic carbocycles. The molecule has 0 radical (unpaired) electrons. The van der Waals surface area contributed by atoms with Crippen molar-refractivity contribution in [1.29, 1.82) is 0 Å². The summed E-state index contributed by atoms with van der Waals surface area (Å²) in [5.41, 5.74) is 0.931. The quantitative estimate of drug-likeness (QED) is 0.870. The van der Waals surface area contributed by atoms with Crippen molar-refractivity contribution in [2.75, 3.05) is 13.7 Å². The average Bonchev–Trinajstić information content (AvgIpc) is 2.60. The van der Waals surface area contributed by atoms with E-state index >= 15 is 0 Å². The molecule has 0 aliphatic heterocycles. The Morgan fingerprint density at radius 3 is 2.56 bits per heavy atom. The van der Waals surface area contributed by atoms with Gasteiger partial charge in [0.2, 0.25) is 0 Å². The Morgan fingerprint density at radius 1 is 1.39 bits per heavy atom. The Bertz CT molecular complexity index is 377. The fraction of sp³-hybridized carbons (Fsp3) is 0.727. The lowest BCUT2D eigenvalue weighted by molar-refractivity contribution is -0.176. The molecule has 3 nitrogen and oxygen atoms in total. The highest BCUT2D eigenvalue weighted by atomic mass is 32.1. The highest BCUT2D eigenvalue weighted by Crippen LogP contribution is 2.26. The molecular weight excluding hydrogens is 265 g/mol. The Balaban J connectivity index is 2.64. The van der Waals surface area contributed by atoms with Gasteiger partial charge in [-0.2, -0.15) is 13.2 Å². The molecule has 18 heavy (non-hydrogen) atoms. The lowest BCUT2D eigenvalue weighted by atomic mass is 10.1. The summed E-state index contributed by atoms with van der Waals surface area (Å²) in [5.74, 6) is 0.251. The summed E-state index contributed by atoms with van der Waals surface area (Å²) in [5, 5.41) is 3.61. The standard InChI is InChI=1S/C11H17F3N2OS/c1-7(2)10-8(4-15-3)18-9(16-10)5-17-6-11(12,13)14/h7,15H,4-6H2,1-3H3. The first-order valence-electron chi connectivity index (χ1n) is 5.61. The average molecular weight is 282 g/mol. The summed E-state index contributed by atoms with van der Waals surface area (Å²) in [6.07, 6.45) is -4.29. The first-order chi connectivity index (χ1) is 8.33. The second kappa shape index (κ2) is 6.49. The molecular formula is C11H17F3N2OS. The second-order valence-corrected chi connectivity index (χ2v) is 5.38. The molecule has 0 fully saturated rings. The van der Waals surface area contributed by atoms with Crippen LogP contribution in [0.2, 0.25) is 0 Å². The normalized spacial score (nSPS) is 12.4. The summed E-state index contributed by atoms with van der Waals surface area (Å²) in [6.45, 7) is 3.37. The molecule has 1 N–H and O–H groups in total. The van der Waals surface area contributed by atoms with Crippen molar-refractivity contribution >= 4 is 11.3 Å². The van der Waals surface area contributed by atoms with Crippen LogP contribution in [0.3, 0.4) is 0 Å². The lowest BCUT2D eigenvalue weighted by Crippen LogP contribution is -2.16. The van der Waals surface area contributed by atoms with Gasteiger partial charge in [0.05, 0.1) is 12.3 Å². The van der Waals surface area contributed by atoms with Gasteiger partial charge >= 0.3 is 6.18 Å². The van der Waals surface area contributed by atoms with Crippen LogP contribution in [0, 0.1) is 0 Å². The molecule has 0 saturated carbocycles. The fourth-order valence-electron chi connectivity index (χ4n) is 1.47. The van der Waals surface area contributed by atoms with E-state index in [0.717, 1.165) is 10.6 Å². The van der Waals surface area contributed by atoms with E-state index in [-0.39, 0.29) is 12.5 Å². The number of halogens is 3. The van der Waals surface area contributed by atoms with Crippen molar-refractivity contribution in [3.8, 4) is 0 Å². The minimum absolute atomic E-state index is 0.0897. The second-order valence-electron chi connectivity index (χ2n) is 4.21. The van der Waals surface area contributed by atoms with Crippen molar-refractivity contribution in [3.63, 3.8) is 0 Å². The number of hydrogen-bond acceptors (Lipinski definition) is 4. The molecule has 0 aliphatic carbocycles. The highest BCUT2D eigenvalue weighted by Gasteiger charge is 2.27. The number of alkyl halides is 3. The van der Waals surface area contributed by atoms with Crippen LogP contribution in [0.4, 0.5) is 13.2 Å². The van der Waals surface area contributed by atoms with Crippen LogP contribution in [-0.4, -0.2) is 24.8 Å². The number of rotatable bonds is 6. The van der Waals surface area contributed by atoms with Gasteiger partial charge in [-0.05, 0) is 13.0 Å². The molecule has 0 unspecified atom stereocenters. The zero-order valence-electron chi connectivity index (χ0n) is 10.6. The predicted octanol–water partition coefficient (Wildman–Crippen LogP) is 3.06. The fourth-order valence-corrected chi connectivity index (χ4v) is 2.64. The maximum atomic E-state index is 11.9. The lowest BCUT2D eigenvalue weighted by Gasteiger charge is -2.05. The molecule has 0 amide bonds. The molecule has 1 aromatic heterocycles. The van der Waals surface area contributed by atoms with E-state index in [1.54, 1.807) is 0 Å². The number of thiazole rings is 1. The monoisotopic (exact) mass is 282 g/mol. The van der Waals surface area contributed by atoms with Crippen LogP contribution < -0.4 is 5.32 Å². The third-order valence-corrected chi connectivity index (χ3v) is 3.19. The minimum atomic E-state index is -4.29. The number of hydrogen-bond donors (Lipinski definition) is 1. The van der Waals surface area contributed by atoms with E-state index < -0.39 is 12.8 Å². The molecule has 0 atom stereocenters. The molecule has 1 aromatic rings. The molecule has 0 bridgehead atoms. The molecule has 0 saturated heterocycles. The topological polar surface area (TPSA) is 34.1 Å². The SMILES string of the molecule is CNCc1sc(COCC(F)(F)F)nc1C(C)C. The first kappa shape index (κ1) is 15.4. The van der Waals surface area contributed by atoms with E-state index in [1.165, 1.54) is 11.3 Å². The van der Waals surface area contributed by atoms with E-state index in [1.807, 2.05) is 20.9 Å². The third kappa shape index (κ3) is 4.91. The molecule has 104 valence electrons. The van der Waals surface area contributed by atoms with Gasteiger partial charge in [-0.15, -0.1) is 11.3 Å². The first-order valence-corrected chi connectivity index (χ1v) is 6.42. The van der Waals surface area contributed by atoms with E-state index in [0.29, 0.717) is 11.6 Å². The number of ether oxygens (including phenoxy) is 1. The van der Waals surface area contributed by atoms with Crippen molar-refractivity contribution in [1.82, 2.24) is 10.3 Å². The van der Waals surface area contributed by atoms with Gasteiger partial charge in [-0.3, -0.25) is 0 Å². The van der Waals surface area contributed by atoms with Gasteiger partial charge in [-0.25, -0.2) is 4.98 Å². The predicted molar refractivity (Wildman–Crippen MR) is 64.7 cm³/mol. The van der Waals surface area contributed by atoms with Crippen molar-refractivity contribution in [2.45, 2.75) is 39.1 Å². The van der Waals surface area contributed by atoms with Crippen molar-refractivity contribution in [2.24, 2.45) is 0 Å². The number of nitrogens with one attached hydrogen (secondary N) is 1. The van der Waals surface area contributed by atoms with Crippen molar-refractivity contribution < 1.29 is 17.9 Å². The molecule has 0 spiro atoms. The van der Waals surface area contributed by atoms with Gasteiger partial charge in [0, 0.05) is 11.4 Å². The zero-order chi connectivity index (χ0) is 13.8. The summed E-state index contributed by atoms with van der Waals surface area (Å²) in [7, 11) is 1.82. The minimum Gasteiger partial charge on any atom is -0.365 e. The summed E-state index contributed by atoms with van der Waals surface area (Å²) < 4.78 is 40.4. The molecule has 7 heteroatoms. The molecule has 1 heterocycles. The highest BCUT2D eigenvalue weighted by molar-refractivity contribution is 7.11. The largest absolute Gasteiger partial charge is 0.411 e. The van der Waals surface area contributed by atoms with Crippen molar-refractivity contribution in [3.05, 3.63) is 15.6 Å². The number of aromatic nitrogens is 1. The van der Waals surface area contributed by atoms with E-state index in [9.17, 15) is 13.2 Å². The van der Waals surface area contributed by atoms with Gasteiger partial charge in [0.1, 0.15) is 11.6 Å². The summed E-state index contributed by atoms with van der Waals surface area (Å²) >= 11 is 1.40. The Hall–Kier alpha value is -0.660. The molecule has 1 rings (SSSR count). The van der Waals surface area contributed by atoms with Gasteiger partial charge in [0.25, 0.3) is 0 Å². The van der Waals surface area contributed by atoms with Gasteiger partial charge in [0.15, 0.2) is 0 Å². The van der Waals surface area contributed by atoms with Crippen LogP contribution >= 0.6 is 11.3 Å². The van der Waals surface area contributed by atoms with Crippen LogP contribution in [0.5, 0.6) is 0 Å².